The van der Waals surface area contributed by atoms with Gasteiger partial charge in [0.05, 0.1) is 24.0 Å². The zero-order valence-corrected chi connectivity index (χ0v) is 12.2. The monoisotopic (exact) mass is 306 g/mol. The van der Waals surface area contributed by atoms with Gasteiger partial charge in [0.15, 0.2) is 5.58 Å². The molecule has 0 aliphatic rings. The first-order valence-electron chi connectivity index (χ1n) is 7.33. The van der Waals surface area contributed by atoms with Crippen molar-refractivity contribution in [3.63, 3.8) is 0 Å². The largest absolute Gasteiger partial charge is 0.439 e. The van der Waals surface area contributed by atoms with E-state index >= 15 is 0 Å². The molecule has 0 atom stereocenters. The summed E-state index contributed by atoms with van der Waals surface area (Å²) in [5, 5.41) is 2.80. The number of fused-ring (bicyclic) bond motifs is 2. The minimum absolute atomic E-state index is 0.133. The molecular weight excluding hydrogens is 292 g/mol. The summed E-state index contributed by atoms with van der Waals surface area (Å²) >= 11 is 0. The lowest BCUT2D eigenvalue weighted by molar-refractivity contribution is -0.120. The molecular formula is C17H14N4O2. The van der Waals surface area contributed by atoms with E-state index in [1.807, 2.05) is 48.5 Å². The van der Waals surface area contributed by atoms with Crippen molar-refractivity contribution in [1.29, 1.82) is 0 Å². The second-order valence-corrected chi connectivity index (χ2v) is 5.23. The van der Waals surface area contributed by atoms with Crippen LogP contribution in [-0.2, 0) is 17.8 Å². The van der Waals surface area contributed by atoms with Crippen molar-refractivity contribution < 1.29 is 9.21 Å². The first kappa shape index (κ1) is 13.5. The number of amides is 1. The van der Waals surface area contributed by atoms with Crippen molar-refractivity contribution in [2.24, 2.45) is 0 Å². The summed E-state index contributed by atoms with van der Waals surface area (Å²) in [6.07, 6.45) is 0.189. The number of hydrogen-bond acceptors (Lipinski definition) is 4. The van der Waals surface area contributed by atoms with Crippen LogP contribution in [0.3, 0.4) is 0 Å². The number of nitrogens with zero attached hydrogens (tertiary/aromatic N) is 2. The van der Waals surface area contributed by atoms with Crippen LogP contribution in [0.4, 0.5) is 0 Å². The van der Waals surface area contributed by atoms with Gasteiger partial charge in [0.2, 0.25) is 11.8 Å². The number of imidazole rings is 1. The van der Waals surface area contributed by atoms with Crippen LogP contribution in [0.15, 0.2) is 52.9 Å². The lowest BCUT2D eigenvalue weighted by atomic mass is 10.3. The van der Waals surface area contributed by atoms with Gasteiger partial charge in [-0.15, -0.1) is 0 Å². The van der Waals surface area contributed by atoms with E-state index < -0.39 is 0 Å². The van der Waals surface area contributed by atoms with E-state index in [2.05, 4.69) is 20.3 Å². The summed E-state index contributed by atoms with van der Waals surface area (Å²) in [4.78, 5) is 23.9. The van der Waals surface area contributed by atoms with Crippen molar-refractivity contribution in [2.75, 3.05) is 0 Å². The average Bonchev–Trinajstić information content (AvgIpc) is 3.15. The summed E-state index contributed by atoms with van der Waals surface area (Å²) in [5.41, 5.74) is 3.28. The number of hydrogen-bond donors (Lipinski definition) is 2. The fourth-order valence-electron chi connectivity index (χ4n) is 2.47. The fourth-order valence-corrected chi connectivity index (χ4v) is 2.47. The number of H-pyrrole nitrogens is 1. The molecule has 2 heterocycles. The number of oxazole rings is 1. The highest BCUT2D eigenvalue weighted by Gasteiger charge is 2.10. The standard InChI is InChI=1S/C17H14N4O2/c22-16(9-15-19-11-5-1-2-6-12(11)20-15)18-10-17-21-13-7-3-4-8-14(13)23-17/h1-8H,9-10H2,(H,18,22)(H,19,20). The molecule has 1 amide bonds. The van der Waals surface area contributed by atoms with E-state index in [9.17, 15) is 4.79 Å². The zero-order chi connectivity index (χ0) is 15.6. The molecule has 4 rings (SSSR count). The molecule has 0 aliphatic heterocycles. The zero-order valence-electron chi connectivity index (χ0n) is 12.2. The van der Waals surface area contributed by atoms with Gasteiger partial charge in [-0.2, -0.15) is 0 Å². The minimum Gasteiger partial charge on any atom is -0.439 e. The predicted octanol–water partition coefficient (Wildman–Crippen LogP) is 2.56. The van der Waals surface area contributed by atoms with Gasteiger partial charge in [0.25, 0.3) is 0 Å². The summed E-state index contributed by atoms with van der Waals surface area (Å²) in [6.45, 7) is 0.258. The number of aromatic amines is 1. The number of para-hydroxylation sites is 4. The Balaban J connectivity index is 1.41. The third-order valence-corrected chi connectivity index (χ3v) is 3.54. The van der Waals surface area contributed by atoms with Gasteiger partial charge in [0.1, 0.15) is 11.3 Å². The molecule has 0 radical (unpaired) electrons. The third kappa shape index (κ3) is 2.78. The summed E-state index contributed by atoms with van der Waals surface area (Å²) < 4.78 is 5.57. The molecule has 0 spiro atoms. The minimum atomic E-state index is -0.133. The smallest absolute Gasteiger partial charge is 0.228 e. The lowest BCUT2D eigenvalue weighted by Gasteiger charge is -2.00. The molecule has 0 saturated carbocycles. The SMILES string of the molecule is O=C(Cc1nc2ccccc2[nH]1)NCc1nc2ccccc2o1. The maximum absolute atomic E-state index is 12.0. The third-order valence-electron chi connectivity index (χ3n) is 3.54. The molecule has 2 N–H and O–H groups in total. The van der Waals surface area contributed by atoms with E-state index in [0.717, 1.165) is 16.6 Å². The first-order valence-corrected chi connectivity index (χ1v) is 7.33. The number of nitrogens with one attached hydrogen (secondary N) is 2. The van der Waals surface area contributed by atoms with Crippen LogP contribution in [0.1, 0.15) is 11.7 Å². The van der Waals surface area contributed by atoms with Crippen LogP contribution in [-0.4, -0.2) is 20.9 Å². The van der Waals surface area contributed by atoms with Gasteiger partial charge in [-0.1, -0.05) is 24.3 Å². The number of rotatable bonds is 4. The Bertz CT molecular complexity index is 920. The van der Waals surface area contributed by atoms with Gasteiger partial charge in [-0.25, -0.2) is 9.97 Å². The first-order chi connectivity index (χ1) is 11.3. The highest BCUT2D eigenvalue weighted by atomic mass is 16.3. The number of benzene rings is 2. The summed E-state index contributed by atoms with van der Waals surface area (Å²) in [7, 11) is 0. The summed E-state index contributed by atoms with van der Waals surface area (Å²) in [5.74, 6) is 0.997. The molecule has 6 heteroatoms. The molecule has 0 aliphatic carbocycles. The number of aromatic nitrogens is 3. The van der Waals surface area contributed by atoms with Gasteiger partial charge in [-0.05, 0) is 24.3 Å². The van der Waals surface area contributed by atoms with Crippen molar-refractivity contribution in [3.8, 4) is 0 Å². The normalized spacial score (nSPS) is 11.1. The maximum atomic E-state index is 12.0. The van der Waals surface area contributed by atoms with Crippen LogP contribution in [0, 0.1) is 0 Å². The maximum Gasteiger partial charge on any atom is 0.228 e. The Morgan fingerprint density at radius 3 is 2.65 bits per heavy atom. The quantitative estimate of drug-likeness (QED) is 0.607. The van der Waals surface area contributed by atoms with Gasteiger partial charge in [0, 0.05) is 0 Å². The van der Waals surface area contributed by atoms with E-state index in [0.29, 0.717) is 17.3 Å². The molecule has 23 heavy (non-hydrogen) atoms. The van der Waals surface area contributed by atoms with Gasteiger partial charge < -0.3 is 14.7 Å². The van der Waals surface area contributed by atoms with Crippen LogP contribution >= 0.6 is 0 Å². The van der Waals surface area contributed by atoms with E-state index in [1.165, 1.54) is 0 Å². The van der Waals surface area contributed by atoms with E-state index in [-0.39, 0.29) is 18.9 Å². The second-order valence-electron chi connectivity index (χ2n) is 5.23. The molecule has 0 fully saturated rings. The Morgan fingerprint density at radius 2 is 1.83 bits per heavy atom. The van der Waals surface area contributed by atoms with Crippen LogP contribution in [0.5, 0.6) is 0 Å². The van der Waals surface area contributed by atoms with Gasteiger partial charge >= 0.3 is 0 Å². The van der Waals surface area contributed by atoms with Crippen molar-refractivity contribution in [1.82, 2.24) is 20.3 Å². The lowest BCUT2D eigenvalue weighted by Crippen LogP contribution is -2.25. The Kier molecular flexibility index (Phi) is 3.27. The topological polar surface area (TPSA) is 83.8 Å². The highest BCUT2D eigenvalue weighted by molar-refractivity contribution is 5.80. The van der Waals surface area contributed by atoms with Gasteiger partial charge in [-0.3, -0.25) is 4.79 Å². The summed E-state index contributed by atoms with van der Waals surface area (Å²) in [6, 6.07) is 15.2. The van der Waals surface area contributed by atoms with Crippen molar-refractivity contribution in [2.45, 2.75) is 13.0 Å². The second kappa shape index (κ2) is 5.57. The number of carbonyl (C=O) groups excluding carboxylic acids is 1. The molecule has 0 unspecified atom stereocenters. The highest BCUT2D eigenvalue weighted by Crippen LogP contribution is 2.14. The van der Waals surface area contributed by atoms with Crippen LogP contribution < -0.4 is 5.32 Å². The van der Waals surface area contributed by atoms with E-state index in [1.54, 1.807) is 0 Å². The fraction of sp³-hybridized carbons (Fsp3) is 0.118. The van der Waals surface area contributed by atoms with Crippen LogP contribution in [0.25, 0.3) is 22.1 Å². The molecule has 0 bridgehead atoms. The Morgan fingerprint density at radius 1 is 1.04 bits per heavy atom. The molecule has 4 aromatic rings. The Labute approximate surface area is 131 Å². The molecule has 0 saturated heterocycles. The molecule has 6 nitrogen and oxygen atoms in total. The number of carbonyl (C=O) groups is 1. The molecule has 2 aromatic carbocycles. The van der Waals surface area contributed by atoms with E-state index in [4.69, 9.17) is 4.42 Å². The van der Waals surface area contributed by atoms with Crippen LogP contribution in [0.2, 0.25) is 0 Å². The molecule has 2 aromatic heterocycles. The van der Waals surface area contributed by atoms with Crippen molar-refractivity contribution >= 4 is 28.0 Å². The average molecular weight is 306 g/mol. The molecule has 114 valence electrons. The Hall–Kier alpha value is -3.15. The predicted molar refractivity (Wildman–Crippen MR) is 85.7 cm³/mol. The van der Waals surface area contributed by atoms with Crippen molar-refractivity contribution in [3.05, 3.63) is 60.2 Å².